The molecule has 2 heterocycles. The number of aromatic nitrogens is 2. The fourth-order valence-electron chi connectivity index (χ4n) is 2.30. The van der Waals surface area contributed by atoms with Gasteiger partial charge in [0.2, 0.25) is 5.75 Å². The molecule has 20 heteroatoms. The molecule has 0 saturated carbocycles. The van der Waals surface area contributed by atoms with Gasteiger partial charge < -0.3 is 43.8 Å². The number of H-pyrrole nitrogens is 1. The fourth-order valence-corrected chi connectivity index (χ4v) is 4.93. The van der Waals surface area contributed by atoms with Crippen molar-refractivity contribution in [3.8, 4) is 5.75 Å². The minimum Gasteiger partial charge on any atom is -0.490 e. The van der Waals surface area contributed by atoms with Crippen LogP contribution in [0.25, 0.3) is 0 Å². The van der Waals surface area contributed by atoms with Crippen molar-refractivity contribution in [2.45, 2.75) is 24.5 Å². The lowest BCUT2D eigenvalue weighted by Crippen LogP contribution is -2.38. The van der Waals surface area contributed by atoms with Crippen molar-refractivity contribution in [3.63, 3.8) is 0 Å². The number of phosphoric acid groups is 2. The van der Waals surface area contributed by atoms with Gasteiger partial charge >= 0.3 is 29.9 Å². The molecule has 0 bridgehead atoms. The average molecular weight is 498 g/mol. The largest absolute Gasteiger partial charge is 0.490 e. The number of nitrogens with one attached hydrogen (secondary N) is 1. The third-order valence-electron chi connectivity index (χ3n) is 3.50. The summed E-state index contributed by atoms with van der Waals surface area (Å²) in [5.74, 6) is -0.296. The second-order valence-corrected chi connectivity index (χ2v) is 9.52. The van der Waals surface area contributed by atoms with E-state index in [1.165, 1.54) is 0 Å². The van der Waals surface area contributed by atoms with Gasteiger partial charge in [-0.15, -0.1) is 0 Å². The summed E-state index contributed by atoms with van der Waals surface area (Å²) in [6, 6.07) is 0. The molecule has 30 heavy (non-hydrogen) atoms. The van der Waals surface area contributed by atoms with Crippen molar-refractivity contribution in [1.29, 1.82) is 0 Å². The molecule has 0 radical (unpaired) electrons. The smallest absolute Gasteiger partial charge is 0.487 e. The van der Waals surface area contributed by atoms with Gasteiger partial charge in [0.05, 0.1) is 19.9 Å². The Balaban J connectivity index is 2.04. The van der Waals surface area contributed by atoms with Gasteiger partial charge in [-0.1, -0.05) is 0 Å². The van der Waals surface area contributed by atoms with Crippen LogP contribution in [-0.2, 0) is 27.0 Å². The molecule has 1 saturated heterocycles. The lowest BCUT2D eigenvalue weighted by Gasteiger charge is -2.18. The first kappa shape index (κ1) is 25.2. The minimum atomic E-state index is -5.42. The van der Waals surface area contributed by atoms with Gasteiger partial charge in [0.25, 0.3) is 5.56 Å². The Morgan fingerprint density at radius 2 is 1.87 bits per heavy atom. The summed E-state index contributed by atoms with van der Waals surface area (Å²) in [4.78, 5) is 60.9. The molecule has 0 spiro atoms. The van der Waals surface area contributed by atoms with E-state index in [1.807, 2.05) is 4.98 Å². The molecule has 6 atom stereocenters. The molecular formula is C10H17N2O15P3. The van der Waals surface area contributed by atoms with Gasteiger partial charge in [0.15, 0.2) is 6.23 Å². The van der Waals surface area contributed by atoms with E-state index in [0.29, 0.717) is 0 Å². The molecule has 172 valence electrons. The molecule has 1 unspecified atom stereocenters. The maximum atomic E-state index is 11.9. The SMILES string of the molecule is COc1cn([C@@H]2O[C@H](CO[P@](O)OP(=O)(O)OP(=O)(O)O)[C@@H](O)[C@H]2O)c(=O)[nH]c1=O. The number of aliphatic hydroxyl groups excluding tert-OH is 2. The molecule has 1 fully saturated rings. The van der Waals surface area contributed by atoms with Crippen molar-refractivity contribution in [1.82, 2.24) is 9.55 Å². The zero-order chi connectivity index (χ0) is 22.9. The summed E-state index contributed by atoms with van der Waals surface area (Å²) >= 11 is 0. The Bertz CT molecular complexity index is 957. The van der Waals surface area contributed by atoms with Crippen LogP contribution in [0.15, 0.2) is 15.8 Å². The Morgan fingerprint density at radius 1 is 1.23 bits per heavy atom. The molecule has 0 aliphatic carbocycles. The first-order chi connectivity index (χ1) is 13.7. The van der Waals surface area contributed by atoms with Gasteiger partial charge in [0, 0.05) is 0 Å². The van der Waals surface area contributed by atoms with Crippen molar-refractivity contribution >= 4 is 24.2 Å². The van der Waals surface area contributed by atoms with E-state index >= 15 is 0 Å². The third-order valence-corrected chi connectivity index (χ3v) is 6.93. The summed E-state index contributed by atoms with van der Waals surface area (Å²) in [6.07, 6.45) is -5.39. The predicted molar refractivity (Wildman–Crippen MR) is 92.9 cm³/mol. The third kappa shape index (κ3) is 6.48. The van der Waals surface area contributed by atoms with Crippen molar-refractivity contribution in [2.75, 3.05) is 13.7 Å². The lowest BCUT2D eigenvalue weighted by atomic mass is 10.1. The van der Waals surface area contributed by atoms with Gasteiger partial charge in [-0.05, 0) is 0 Å². The van der Waals surface area contributed by atoms with Crippen LogP contribution in [-0.4, -0.2) is 71.4 Å². The van der Waals surface area contributed by atoms with Gasteiger partial charge in [-0.3, -0.25) is 14.3 Å². The first-order valence-electron chi connectivity index (χ1n) is 7.56. The number of hydrogen-bond donors (Lipinski definition) is 7. The van der Waals surface area contributed by atoms with Crippen LogP contribution in [0.5, 0.6) is 5.75 Å². The predicted octanol–water partition coefficient (Wildman–Crippen LogP) is -2.37. The zero-order valence-electron chi connectivity index (χ0n) is 14.7. The lowest BCUT2D eigenvalue weighted by molar-refractivity contribution is -0.0528. The molecule has 0 amide bonds. The van der Waals surface area contributed by atoms with Gasteiger partial charge in [0.1, 0.15) is 18.3 Å². The van der Waals surface area contributed by atoms with E-state index in [-0.39, 0.29) is 5.75 Å². The van der Waals surface area contributed by atoms with Crippen LogP contribution >= 0.6 is 24.2 Å². The highest BCUT2D eigenvalue weighted by atomic mass is 31.3. The second-order valence-electron chi connectivity index (χ2n) is 5.57. The number of methoxy groups -OCH3 is 1. The standard InChI is InChI=1S/C10H17N2O15P3/c1-23-4-2-12(10(16)11-8(4)15)9-7(14)6(13)5(25-9)3-24-28(17)26-30(21,22)27-29(18,19)20/h2,5-7,9,13-14,17H,3H2,1H3,(H,21,22)(H,11,15,16)(H2,18,19,20)/t5-,6-,7-,9-,28+/m1/s1. The Hall–Kier alpha value is -1.03. The van der Waals surface area contributed by atoms with Gasteiger partial charge in [-0.25, -0.2) is 18.2 Å². The van der Waals surface area contributed by atoms with Crippen molar-refractivity contribution in [2.24, 2.45) is 0 Å². The number of aromatic amines is 1. The number of ether oxygens (including phenoxy) is 2. The zero-order valence-corrected chi connectivity index (χ0v) is 17.4. The summed E-state index contributed by atoms with van der Waals surface area (Å²) < 4.78 is 44.7. The van der Waals surface area contributed by atoms with Crippen LogP contribution in [0.3, 0.4) is 0 Å². The summed E-state index contributed by atoms with van der Waals surface area (Å²) in [5, 5.41) is 20.2. The topological polar surface area (TPSA) is 257 Å². The van der Waals surface area contributed by atoms with E-state index in [4.69, 9.17) is 24.2 Å². The molecule has 1 aliphatic rings. The van der Waals surface area contributed by atoms with Crippen LogP contribution < -0.4 is 16.0 Å². The molecule has 2 rings (SSSR count). The van der Waals surface area contributed by atoms with Crippen LogP contribution in [0.4, 0.5) is 0 Å². The monoisotopic (exact) mass is 498 g/mol. The maximum absolute atomic E-state index is 11.9. The normalized spacial score (nSPS) is 27.6. The molecular weight excluding hydrogens is 481 g/mol. The number of hydrogen-bond acceptors (Lipinski definition) is 12. The highest BCUT2D eigenvalue weighted by Crippen LogP contribution is 2.63. The number of rotatable bonds is 9. The first-order valence-corrected chi connectivity index (χ1v) is 11.7. The summed E-state index contributed by atoms with van der Waals surface area (Å²) in [7, 11) is -12.9. The molecule has 1 aliphatic heterocycles. The number of nitrogens with zero attached hydrogens (tertiary/aromatic N) is 1. The Kier molecular flexibility index (Phi) is 8.10. The van der Waals surface area contributed by atoms with Crippen molar-refractivity contribution < 1.29 is 61.5 Å². The minimum absolute atomic E-state index is 0.296. The average Bonchev–Trinajstić information content (AvgIpc) is 2.86. The molecule has 7 N–H and O–H groups in total. The van der Waals surface area contributed by atoms with Crippen molar-refractivity contribution in [3.05, 3.63) is 27.0 Å². The fraction of sp³-hybridized carbons (Fsp3) is 0.600. The maximum Gasteiger partial charge on any atom is 0.487 e. The van der Waals surface area contributed by atoms with Crippen LogP contribution in [0.1, 0.15) is 6.23 Å². The molecule has 1 aromatic rings. The summed E-state index contributed by atoms with van der Waals surface area (Å²) in [5.41, 5.74) is -1.84. The van der Waals surface area contributed by atoms with E-state index in [1.54, 1.807) is 0 Å². The van der Waals surface area contributed by atoms with E-state index in [2.05, 4.69) is 13.1 Å². The summed E-state index contributed by atoms with van der Waals surface area (Å²) in [6.45, 7) is -0.762. The van der Waals surface area contributed by atoms with E-state index in [9.17, 15) is 33.8 Å². The molecule has 17 nitrogen and oxygen atoms in total. The van der Waals surface area contributed by atoms with Crippen LogP contribution in [0.2, 0.25) is 0 Å². The Labute approximate surface area is 167 Å². The number of aliphatic hydroxyl groups is 2. The van der Waals surface area contributed by atoms with E-state index < -0.39 is 66.6 Å². The highest BCUT2D eigenvalue weighted by molar-refractivity contribution is 7.65. The Morgan fingerprint density at radius 3 is 2.43 bits per heavy atom. The quantitative estimate of drug-likeness (QED) is 0.176. The second kappa shape index (κ2) is 9.63. The van der Waals surface area contributed by atoms with Crippen LogP contribution in [0, 0.1) is 0 Å². The van der Waals surface area contributed by atoms with Gasteiger partial charge in [-0.2, -0.15) is 4.31 Å². The molecule has 0 aromatic carbocycles. The molecule has 1 aromatic heterocycles. The highest BCUT2D eigenvalue weighted by Gasteiger charge is 2.45. The van der Waals surface area contributed by atoms with E-state index in [0.717, 1.165) is 17.9 Å².